The van der Waals surface area contributed by atoms with Gasteiger partial charge in [-0.3, -0.25) is 14.4 Å². The van der Waals surface area contributed by atoms with E-state index in [0.717, 1.165) is 19.3 Å². The number of hydrogen-bond donors (Lipinski definition) is 2. The van der Waals surface area contributed by atoms with Gasteiger partial charge in [-0.05, 0) is 6.42 Å². The molecule has 0 saturated carbocycles. The zero-order valence-corrected chi connectivity index (χ0v) is 14.3. The molecule has 0 fully saturated rings. The Hall–Kier alpha value is -1.59. The highest BCUT2D eigenvalue weighted by molar-refractivity contribution is 5.84. The monoisotopic (exact) mass is 330 g/mol. The van der Waals surface area contributed by atoms with E-state index in [9.17, 15) is 14.4 Å². The van der Waals surface area contributed by atoms with E-state index in [4.69, 9.17) is 14.9 Å². The summed E-state index contributed by atoms with van der Waals surface area (Å²) in [6.07, 6.45) is 8.45. The van der Waals surface area contributed by atoms with Gasteiger partial charge in [-0.1, -0.05) is 58.8 Å². The molecule has 0 aliphatic carbocycles. The van der Waals surface area contributed by atoms with Crippen LogP contribution in [0, 0.1) is 11.8 Å². The second-order valence-corrected chi connectivity index (χ2v) is 5.97. The van der Waals surface area contributed by atoms with Crippen molar-refractivity contribution in [2.24, 2.45) is 11.8 Å². The molecule has 0 aromatic carbocycles. The van der Waals surface area contributed by atoms with Crippen molar-refractivity contribution >= 4 is 17.9 Å². The van der Waals surface area contributed by atoms with Crippen molar-refractivity contribution < 1.29 is 29.3 Å². The minimum atomic E-state index is -1.29. The summed E-state index contributed by atoms with van der Waals surface area (Å²) in [5.74, 6) is -5.37. The normalized spacial score (nSPS) is 13.3. The Balaban J connectivity index is 3.87. The number of hydrogen-bond acceptors (Lipinski definition) is 4. The number of ether oxygens (including phenoxy) is 1. The van der Waals surface area contributed by atoms with Crippen molar-refractivity contribution in [1.29, 1.82) is 0 Å². The number of rotatable bonds is 14. The van der Waals surface area contributed by atoms with E-state index in [-0.39, 0.29) is 6.61 Å². The molecule has 0 radical (unpaired) electrons. The van der Waals surface area contributed by atoms with E-state index in [1.165, 1.54) is 39.0 Å². The summed E-state index contributed by atoms with van der Waals surface area (Å²) in [4.78, 5) is 33.5. The number of carbonyl (C=O) groups is 3. The molecule has 0 amide bonds. The standard InChI is InChI=1S/C17H30O6/c1-3-4-5-6-7-8-9-10-11-23-17(22)13(2)14(16(20)21)12-15(18)19/h13-14H,3-12H2,1-2H3,(H,18,19)(H,20,21). The summed E-state index contributed by atoms with van der Waals surface area (Å²) < 4.78 is 5.07. The number of aliphatic carboxylic acids is 2. The maximum absolute atomic E-state index is 11.8. The number of esters is 1. The van der Waals surface area contributed by atoms with E-state index in [2.05, 4.69) is 6.92 Å². The molecular weight excluding hydrogens is 300 g/mol. The van der Waals surface area contributed by atoms with Gasteiger partial charge in [-0.2, -0.15) is 0 Å². The molecule has 0 aromatic heterocycles. The zero-order chi connectivity index (χ0) is 17.7. The third-order valence-corrected chi connectivity index (χ3v) is 3.93. The van der Waals surface area contributed by atoms with Crippen LogP contribution in [0.2, 0.25) is 0 Å². The van der Waals surface area contributed by atoms with Crippen LogP contribution < -0.4 is 0 Å². The molecule has 6 heteroatoms. The van der Waals surface area contributed by atoms with Crippen molar-refractivity contribution in [3.63, 3.8) is 0 Å². The minimum Gasteiger partial charge on any atom is -0.481 e. The molecule has 23 heavy (non-hydrogen) atoms. The summed E-state index contributed by atoms with van der Waals surface area (Å²) in [5.41, 5.74) is 0. The van der Waals surface area contributed by atoms with Crippen LogP contribution in [0.15, 0.2) is 0 Å². The molecule has 134 valence electrons. The van der Waals surface area contributed by atoms with E-state index >= 15 is 0 Å². The van der Waals surface area contributed by atoms with Crippen LogP contribution in [-0.2, 0) is 19.1 Å². The fourth-order valence-corrected chi connectivity index (χ4v) is 2.37. The zero-order valence-electron chi connectivity index (χ0n) is 14.3. The highest BCUT2D eigenvalue weighted by atomic mass is 16.5. The van der Waals surface area contributed by atoms with Crippen molar-refractivity contribution in [1.82, 2.24) is 0 Å². The molecule has 0 aliphatic heterocycles. The fourth-order valence-electron chi connectivity index (χ4n) is 2.37. The lowest BCUT2D eigenvalue weighted by atomic mass is 9.91. The van der Waals surface area contributed by atoms with E-state index in [1.807, 2.05) is 0 Å². The van der Waals surface area contributed by atoms with Crippen LogP contribution in [-0.4, -0.2) is 34.7 Å². The van der Waals surface area contributed by atoms with Gasteiger partial charge in [0.05, 0.1) is 24.9 Å². The molecule has 0 heterocycles. The highest BCUT2D eigenvalue weighted by Crippen LogP contribution is 2.18. The molecule has 6 nitrogen and oxygen atoms in total. The van der Waals surface area contributed by atoms with Gasteiger partial charge in [0.2, 0.25) is 0 Å². The van der Waals surface area contributed by atoms with Gasteiger partial charge in [0.15, 0.2) is 0 Å². The largest absolute Gasteiger partial charge is 0.481 e. The molecule has 0 spiro atoms. The van der Waals surface area contributed by atoms with Crippen LogP contribution in [0.5, 0.6) is 0 Å². The van der Waals surface area contributed by atoms with E-state index in [1.54, 1.807) is 0 Å². The topological polar surface area (TPSA) is 101 Å². The predicted molar refractivity (Wildman–Crippen MR) is 86.1 cm³/mol. The smallest absolute Gasteiger partial charge is 0.309 e. The Morgan fingerprint density at radius 3 is 1.91 bits per heavy atom. The Labute approximate surface area is 138 Å². The lowest BCUT2D eigenvalue weighted by molar-refractivity contribution is -0.159. The first-order valence-electron chi connectivity index (χ1n) is 8.51. The Morgan fingerprint density at radius 2 is 1.43 bits per heavy atom. The van der Waals surface area contributed by atoms with Gasteiger partial charge in [0.25, 0.3) is 0 Å². The van der Waals surface area contributed by atoms with Crippen LogP contribution in [0.25, 0.3) is 0 Å². The van der Waals surface area contributed by atoms with E-state index in [0.29, 0.717) is 0 Å². The SMILES string of the molecule is CCCCCCCCCCOC(=O)C(C)C(CC(=O)O)C(=O)O. The number of carboxylic acids is 2. The molecule has 0 saturated heterocycles. The van der Waals surface area contributed by atoms with Crippen molar-refractivity contribution in [3.05, 3.63) is 0 Å². The van der Waals surface area contributed by atoms with Crippen LogP contribution >= 0.6 is 0 Å². The summed E-state index contributed by atoms with van der Waals surface area (Å²) in [7, 11) is 0. The van der Waals surface area contributed by atoms with Gasteiger partial charge in [-0.25, -0.2) is 0 Å². The second-order valence-electron chi connectivity index (χ2n) is 5.97. The van der Waals surface area contributed by atoms with Crippen LogP contribution in [0.3, 0.4) is 0 Å². The number of carboxylic acid groups (broad SMARTS) is 2. The minimum absolute atomic E-state index is 0.261. The van der Waals surface area contributed by atoms with Crippen molar-refractivity contribution in [3.8, 4) is 0 Å². The molecule has 2 unspecified atom stereocenters. The average Bonchev–Trinajstić information content (AvgIpc) is 2.49. The summed E-state index contributed by atoms with van der Waals surface area (Å²) in [6.45, 7) is 3.84. The quantitative estimate of drug-likeness (QED) is 0.373. The van der Waals surface area contributed by atoms with Crippen LogP contribution in [0.1, 0.15) is 71.6 Å². The average molecular weight is 330 g/mol. The highest BCUT2D eigenvalue weighted by Gasteiger charge is 2.33. The van der Waals surface area contributed by atoms with Crippen LogP contribution in [0.4, 0.5) is 0 Å². The van der Waals surface area contributed by atoms with E-state index < -0.39 is 36.2 Å². The molecular formula is C17H30O6. The van der Waals surface area contributed by atoms with Gasteiger partial charge >= 0.3 is 17.9 Å². The summed E-state index contributed by atoms with van der Waals surface area (Å²) >= 11 is 0. The van der Waals surface area contributed by atoms with Crippen molar-refractivity contribution in [2.45, 2.75) is 71.6 Å². The molecule has 0 aliphatic rings. The molecule has 0 aromatic rings. The summed E-state index contributed by atoms with van der Waals surface area (Å²) in [5, 5.41) is 17.7. The van der Waals surface area contributed by atoms with Gasteiger partial charge < -0.3 is 14.9 Å². The molecule has 0 bridgehead atoms. The molecule has 2 atom stereocenters. The predicted octanol–water partition coefficient (Wildman–Crippen LogP) is 3.48. The fraction of sp³-hybridized carbons (Fsp3) is 0.824. The Morgan fingerprint density at radius 1 is 0.913 bits per heavy atom. The third-order valence-electron chi connectivity index (χ3n) is 3.93. The summed E-state index contributed by atoms with van der Waals surface area (Å²) in [6, 6.07) is 0. The Bertz CT molecular complexity index is 366. The second kappa shape index (κ2) is 12.9. The van der Waals surface area contributed by atoms with Crippen molar-refractivity contribution in [2.75, 3.05) is 6.61 Å². The lowest BCUT2D eigenvalue weighted by Crippen LogP contribution is -2.31. The first-order valence-corrected chi connectivity index (χ1v) is 8.51. The molecule has 2 N–H and O–H groups in total. The molecule has 0 rings (SSSR count). The first-order chi connectivity index (χ1) is 10.9. The number of carbonyl (C=O) groups excluding carboxylic acids is 1. The third kappa shape index (κ3) is 10.7. The maximum Gasteiger partial charge on any atom is 0.309 e. The number of unbranched alkanes of at least 4 members (excludes halogenated alkanes) is 7. The first kappa shape index (κ1) is 21.4. The lowest BCUT2D eigenvalue weighted by Gasteiger charge is -2.17. The van der Waals surface area contributed by atoms with Gasteiger partial charge in [0.1, 0.15) is 0 Å². The maximum atomic E-state index is 11.8. The van der Waals surface area contributed by atoms with Gasteiger partial charge in [-0.15, -0.1) is 0 Å². The van der Waals surface area contributed by atoms with Gasteiger partial charge in [0, 0.05) is 0 Å². The Kier molecular flexibility index (Phi) is 12.0.